The monoisotopic (exact) mass is 261 g/mol. The molecule has 4 nitrogen and oxygen atoms in total. The number of aliphatic imine (C=N–C) groups is 1. The SMILES string of the molecule is CN=C(NCC1(C)COC1)NC(C)c1ccccc1. The van der Waals surface area contributed by atoms with Crippen LogP contribution in [0.5, 0.6) is 0 Å². The van der Waals surface area contributed by atoms with E-state index in [-0.39, 0.29) is 11.5 Å². The number of rotatable bonds is 4. The average Bonchev–Trinajstić information content (AvgIpc) is 2.42. The predicted octanol–water partition coefficient (Wildman–Crippen LogP) is 1.95. The molecule has 2 N–H and O–H groups in total. The minimum Gasteiger partial charge on any atom is -0.380 e. The number of ether oxygens (including phenoxy) is 1. The Morgan fingerprint density at radius 2 is 2.05 bits per heavy atom. The lowest BCUT2D eigenvalue weighted by Crippen LogP contribution is -2.51. The van der Waals surface area contributed by atoms with Crippen molar-refractivity contribution in [2.75, 3.05) is 26.8 Å². The van der Waals surface area contributed by atoms with E-state index in [0.29, 0.717) is 0 Å². The molecule has 19 heavy (non-hydrogen) atoms. The van der Waals surface area contributed by atoms with Gasteiger partial charge in [-0.15, -0.1) is 0 Å². The van der Waals surface area contributed by atoms with Crippen LogP contribution in [0.4, 0.5) is 0 Å². The zero-order valence-corrected chi connectivity index (χ0v) is 11.9. The quantitative estimate of drug-likeness (QED) is 0.643. The van der Waals surface area contributed by atoms with E-state index in [0.717, 1.165) is 25.7 Å². The Kier molecular flexibility index (Phi) is 4.43. The topological polar surface area (TPSA) is 45.7 Å². The smallest absolute Gasteiger partial charge is 0.191 e. The van der Waals surface area contributed by atoms with Crippen LogP contribution >= 0.6 is 0 Å². The third-order valence-electron chi connectivity index (χ3n) is 3.46. The van der Waals surface area contributed by atoms with Crippen molar-refractivity contribution in [2.45, 2.75) is 19.9 Å². The number of hydrogen-bond donors (Lipinski definition) is 2. The van der Waals surface area contributed by atoms with Crippen LogP contribution in [-0.4, -0.2) is 32.8 Å². The summed E-state index contributed by atoms with van der Waals surface area (Å²) in [5, 5.41) is 6.77. The lowest BCUT2D eigenvalue weighted by Gasteiger charge is -2.38. The minimum absolute atomic E-state index is 0.234. The van der Waals surface area contributed by atoms with Crippen LogP contribution in [0.25, 0.3) is 0 Å². The van der Waals surface area contributed by atoms with E-state index in [9.17, 15) is 0 Å². The summed E-state index contributed by atoms with van der Waals surface area (Å²) in [6, 6.07) is 10.6. The maximum absolute atomic E-state index is 5.25. The molecular weight excluding hydrogens is 238 g/mol. The van der Waals surface area contributed by atoms with Crippen LogP contribution < -0.4 is 10.6 Å². The second kappa shape index (κ2) is 6.06. The Labute approximate surface area is 115 Å². The molecule has 1 heterocycles. The van der Waals surface area contributed by atoms with E-state index in [4.69, 9.17) is 4.74 Å². The molecule has 0 aromatic heterocycles. The number of benzene rings is 1. The van der Waals surface area contributed by atoms with E-state index in [1.807, 2.05) is 6.07 Å². The maximum atomic E-state index is 5.25. The molecule has 1 aliphatic rings. The van der Waals surface area contributed by atoms with E-state index in [2.05, 4.69) is 53.7 Å². The first-order valence-electron chi connectivity index (χ1n) is 6.73. The van der Waals surface area contributed by atoms with Crippen LogP contribution in [0.1, 0.15) is 25.5 Å². The van der Waals surface area contributed by atoms with Gasteiger partial charge < -0.3 is 15.4 Å². The van der Waals surface area contributed by atoms with Crippen molar-refractivity contribution in [1.29, 1.82) is 0 Å². The summed E-state index contributed by atoms with van der Waals surface area (Å²) in [7, 11) is 1.80. The van der Waals surface area contributed by atoms with Gasteiger partial charge in [-0.3, -0.25) is 4.99 Å². The average molecular weight is 261 g/mol. The molecular formula is C15H23N3O. The van der Waals surface area contributed by atoms with Gasteiger partial charge in [0.15, 0.2) is 5.96 Å². The first-order valence-corrected chi connectivity index (χ1v) is 6.73. The molecule has 1 saturated heterocycles. The normalized spacial score (nSPS) is 19.4. The molecule has 0 spiro atoms. The Hall–Kier alpha value is -1.55. The predicted molar refractivity (Wildman–Crippen MR) is 78.3 cm³/mol. The van der Waals surface area contributed by atoms with E-state index < -0.39 is 0 Å². The molecule has 104 valence electrons. The highest BCUT2D eigenvalue weighted by molar-refractivity contribution is 5.80. The van der Waals surface area contributed by atoms with Crippen LogP contribution in [-0.2, 0) is 4.74 Å². The fourth-order valence-electron chi connectivity index (χ4n) is 2.07. The van der Waals surface area contributed by atoms with Crippen LogP contribution in [0.3, 0.4) is 0 Å². The Balaban J connectivity index is 1.85. The van der Waals surface area contributed by atoms with E-state index in [1.54, 1.807) is 7.05 Å². The van der Waals surface area contributed by atoms with Gasteiger partial charge in [0.2, 0.25) is 0 Å². The molecule has 1 fully saturated rings. The zero-order valence-electron chi connectivity index (χ0n) is 11.9. The number of guanidine groups is 1. The zero-order chi connectivity index (χ0) is 13.7. The molecule has 0 amide bonds. The molecule has 1 aliphatic heterocycles. The molecule has 0 aliphatic carbocycles. The van der Waals surface area contributed by atoms with E-state index in [1.165, 1.54) is 5.56 Å². The molecule has 4 heteroatoms. The standard InChI is InChI=1S/C15H23N3O/c1-12(13-7-5-4-6-8-13)18-14(16-3)17-9-15(2)10-19-11-15/h4-8,12H,9-11H2,1-3H3,(H2,16,17,18). The Bertz CT molecular complexity index is 426. The van der Waals surface area contributed by atoms with Crippen molar-refractivity contribution in [3.63, 3.8) is 0 Å². The van der Waals surface area contributed by atoms with Crippen LogP contribution in [0.2, 0.25) is 0 Å². The number of nitrogens with one attached hydrogen (secondary N) is 2. The van der Waals surface area contributed by atoms with Gasteiger partial charge in [0, 0.05) is 19.0 Å². The molecule has 0 radical (unpaired) electrons. The third-order valence-corrected chi connectivity index (χ3v) is 3.46. The van der Waals surface area contributed by atoms with Crippen LogP contribution in [0, 0.1) is 5.41 Å². The fourth-order valence-corrected chi connectivity index (χ4v) is 2.07. The van der Waals surface area contributed by atoms with Gasteiger partial charge in [-0.1, -0.05) is 37.3 Å². The summed E-state index contributed by atoms with van der Waals surface area (Å²) in [6.07, 6.45) is 0. The summed E-state index contributed by atoms with van der Waals surface area (Å²) in [4.78, 5) is 4.27. The van der Waals surface area contributed by atoms with Crippen molar-refractivity contribution in [3.05, 3.63) is 35.9 Å². The molecule has 1 aromatic rings. The van der Waals surface area contributed by atoms with Crippen molar-refractivity contribution in [3.8, 4) is 0 Å². The molecule has 2 rings (SSSR count). The summed E-state index contributed by atoms with van der Waals surface area (Å²) >= 11 is 0. The van der Waals surface area contributed by atoms with Gasteiger partial charge in [-0.05, 0) is 12.5 Å². The fraction of sp³-hybridized carbons (Fsp3) is 0.533. The van der Waals surface area contributed by atoms with Gasteiger partial charge in [0.1, 0.15) is 0 Å². The summed E-state index contributed by atoms with van der Waals surface area (Å²) < 4.78 is 5.25. The summed E-state index contributed by atoms with van der Waals surface area (Å²) in [5.74, 6) is 0.837. The Morgan fingerprint density at radius 1 is 1.37 bits per heavy atom. The first-order chi connectivity index (χ1) is 9.13. The third kappa shape index (κ3) is 3.70. The van der Waals surface area contributed by atoms with E-state index >= 15 is 0 Å². The van der Waals surface area contributed by atoms with Gasteiger partial charge in [-0.2, -0.15) is 0 Å². The van der Waals surface area contributed by atoms with Crippen molar-refractivity contribution in [1.82, 2.24) is 10.6 Å². The summed E-state index contributed by atoms with van der Waals surface area (Å²) in [5.41, 5.74) is 1.50. The minimum atomic E-state index is 0.234. The highest BCUT2D eigenvalue weighted by Gasteiger charge is 2.33. The van der Waals surface area contributed by atoms with Crippen molar-refractivity contribution in [2.24, 2.45) is 10.4 Å². The van der Waals surface area contributed by atoms with Gasteiger partial charge in [0.05, 0.1) is 19.3 Å². The number of nitrogens with zero attached hydrogens (tertiary/aromatic N) is 1. The Morgan fingerprint density at radius 3 is 2.58 bits per heavy atom. The van der Waals surface area contributed by atoms with Crippen molar-refractivity contribution < 1.29 is 4.74 Å². The largest absolute Gasteiger partial charge is 0.380 e. The second-order valence-corrected chi connectivity index (χ2v) is 5.51. The number of hydrogen-bond acceptors (Lipinski definition) is 2. The highest BCUT2D eigenvalue weighted by atomic mass is 16.5. The van der Waals surface area contributed by atoms with Crippen LogP contribution in [0.15, 0.2) is 35.3 Å². The lowest BCUT2D eigenvalue weighted by atomic mass is 9.89. The highest BCUT2D eigenvalue weighted by Crippen LogP contribution is 2.25. The van der Waals surface area contributed by atoms with Gasteiger partial charge in [0.25, 0.3) is 0 Å². The molecule has 1 atom stereocenters. The van der Waals surface area contributed by atoms with Gasteiger partial charge >= 0.3 is 0 Å². The van der Waals surface area contributed by atoms with Crippen molar-refractivity contribution >= 4 is 5.96 Å². The van der Waals surface area contributed by atoms with Gasteiger partial charge in [-0.25, -0.2) is 0 Å². The maximum Gasteiger partial charge on any atom is 0.191 e. The molecule has 1 aromatic carbocycles. The first kappa shape index (κ1) is 13.9. The molecule has 0 saturated carbocycles. The summed E-state index contributed by atoms with van der Waals surface area (Å²) in [6.45, 7) is 6.89. The lowest BCUT2D eigenvalue weighted by molar-refractivity contribution is -0.0971. The molecule has 0 bridgehead atoms. The molecule has 1 unspecified atom stereocenters. The second-order valence-electron chi connectivity index (χ2n) is 5.51.